The Balaban J connectivity index is 1.32. The largest absolute Gasteiger partial charge is 0.382 e. The minimum atomic E-state index is 0.0633. The maximum Gasteiger partial charge on any atom is 0.0693 e. The molecule has 1 saturated carbocycles. The molecule has 2 fully saturated rings. The quantitative estimate of drug-likeness (QED) is 0.737. The number of nitrogens with zero attached hydrogens (tertiary/aromatic N) is 1. The average molecular weight is 379 g/mol. The highest BCUT2D eigenvalue weighted by Crippen LogP contribution is 2.37. The molecule has 2 aromatic rings. The first kappa shape index (κ1) is 19.5. The first-order valence-electron chi connectivity index (χ1n) is 10.9. The summed E-state index contributed by atoms with van der Waals surface area (Å²) in [6, 6.07) is 22.5. The van der Waals surface area contributed by atoms with Crippen molar-refractivity contribution in [3.8, 4) is 0 Å². The maximum absolute atomic E-state index is 5.62. The van der Waals surface area contributed by atoms with E-state index in [1.807, 2.05) is 7.11 Å². The molecule has 0 amide bonds. The molecule has 150 valence electrons. The van der Waals surface area contributed by atoms with Gasteiger partial charge < -0.3 is 15.0 Å². The summed E-state index contributed by atoms with van der Waals surface area (Å²) in [5, 5.41) is 3.80. The summed E-state index contributed by atoms with van der Waals surface area (Å²) in [5.41, 5.74) is 2.80. The number of hydrogen-bond acceptors (Lipinski definition) is 3. The number of nitrogens with one attached hydrogen (secondary N) is 1. The molecule has 3 nitrogen and oxygen atoms in total. The van der Waals surface area contributed by atoms with Gasteiger partial charge in [0.1, 0.15) is 0 Å². The van der Waals surface area contributed by atoms with Gasteiger partial charge in [-0.05, 0) is 62.1 Å². The highest BCUT2D eigenvalue weighted by Gasteiger charge is 2.37. The zero-order chi connectivity index (χ0) is 19.2. The number of para-hydroxylation sites is 1. The Morgan fingerprint density at radius 3 is 2.11 bits per heavy atom. The molecule has 4 rings (SSSR count). The van der Waals surface area contributed by atoms with Crippen LogP contribution in [0, 0.1) is 0 Å². The molecule has 0 aromatic heterocycles. The van der Waals surface area contributed by atoms with E-state index in [2.05, 4.69) is 70.9 Å². The van der Waals surface area contributed by atoms with Gasteiger partial charge in [-0.3, -0.25) is 0 Å². The van der Waals surface area contributed by atoms with E-state index in [0.717, 1.165) is 31.4 Å². The Kier molecular flexibility index (Phi) is 6.33. The van der Waals surface area contributed by atoms with Crippen LogP contribution in [0.2, 0.25) is 0 Å². The Labute approximate surface area is 170 Å². The van der Waals surface area contributed by atoms with Crippen LogP contribution in [0.5, 0.6) is 0 Å². The second-order valence-corrected chi connectivity index (χ2v) is 8.66. The number of hydrogen-bond donors (Lipinski definition) is 1. The van der Waals surface area contributed by atoms with Crippen molar-refractivity contribution < 1.29 is 4.74 Å². The van der Waals surface area contributed by atoms with Crippen molar-refractivity contribution in [2.24, 2.45) is 0 Å². The number of rotatable bonds is 6. The molecule has 28 heavy (non-hydrogen) atoms. The van der Waals surface area contributed by atoms with E-state index >= 15 is 0 Å². The van der Waals surface area contributed by atoms with Gasteiger partial charge in [0, 0.05) is 31.9 Å². The van der Waals surface area contributed by atoms with Crippen LogP contribution in [0.1, 0.15) is 50.0 Å². The van der Waals surface area contributed by atoms with Crippen LogP contribution in [0.4, 0.5) is 5.69 Å². The topological polar surface area (TPSA) is 24.5 Å². The standard InChI is InChI=1S/C25H34N2O/c1-28-20-25(26-23-10-6-3-7-11-23)16-18-27(19-17-25)24-14-12-22(13-15-24)21-8-4-2-5-9-21/h2-11,22,24,26H,12-20H2,1H3. The molecule has 2 aromatic carbocycles. The first-order valence-corrected chi connectivity index (χ1v) is 10.9. The molecule has 0 spiro atoms. The molecule has 0 atom stereocenters. The number of likely N-dealkylation sites (tertiary alicyclic amines) is 1. The van der Waals surface area contributed by atoms with E-state index in [1.165, 1.54) is 50.0 Å². The molecule has 3 heteroatoms. The molecule has 0 bridgehead atoms. The molecule has 2 aliphatic rings. The van der Waals surface area contributed by atoms with Gasteiger partial charge in [-0.25, -0.2) is 0 Å². The number of piperidine rings is 1. The van der Waals surface area contributed by atoms with Crippen molar-refractivity contribution in [1.82, 2.24) is 4.90 Å². The lowest BCUT2D eigenvalue weighted by molar-refractivity contribution is 0.0585. The van der Waals surface area contributed by atoms with Crippen molar-refractivity contribution in [2.75, 3.05) is 32.1 Å². The van der Waals surface area contributed by atoms with Crippen LogP contribution in [0.15, 0.2) is 60.7 Å². The minimum absolute atomic E-state index is 0.0633. The number of ether oxygens (including phenoxy) is 1. The number of anilines is 1. The van der Waals surface area contributed by atoms with Gasteiger partial charge in [0.2, 0.25) is 0 Å². The summed E-state index contributed by atoms with van der Waals surface area (Å²) in [7, 11) is 1.83. The predicted molar refractivity (Wildman–Crippen MR) is 117 cm³/mol. The fraction of sp³-hybridized carbons (Fsp3) is 0.520. The van der Waals surface area contributed by atoms with Gasteiger partial charge in [-0.2, -0.15) is 0 Å². The Morgan fingerprint density at radius 2 is 1.50 bits per heavy atom. The van der Waals surface area contributed by atoms with Crippen molar-refractivity contribution in [2.45, 2.75) is 56.0 Å². The average Bonchev–Trinajstić information content (AvgIpc) is 2.76. The smallest absolute Gasteiger partial charge is 0.0693 e. The third-order valence-corrected chi connectivity index (χ3v) is 6.84. The van der Waals surface area contributed by atoms with E-state index in [9.17, 15) is 0 Å². The molecule has 1 N–H and O–H groups in total. The molecule has 1 saturated heterocycles. The van der Waals surface area contributed by atoms with Gasteiger partial charge >= 0.3 is 0 Å². The molecule has 0 unspecified atom stereocenters. The fourth-order valence-corrected chi connectivity index (χ4v) is 5.23. The highest BCUT2D eigenvalue weighted by molar-refractivity contribution is 5.45. The Hall–Kier alpha value is -1.84. The van der Waals surface area contributed by atoms with Gasteiger partial charge in [-0.1, -0.05) is 48.5 Å². The zero-order valence-electron chi connectivity index (χ0n) is 17.1. The molecule has 1 aliphatic carbocycles. The van der Waals surface area contributed by atoms with E-state index in [1.54, 1.807) is 0 Å². The summed E-state index contributed by atoms with van der Waals surface area (Å²) in [6.45, 7) is 3.12. The predicted octanol–water partition coefficient (Wildman–Crippen LogP) is 5.31. The second kappa shape index (κ2) is 9.11. The number of benzene rings is 2. The van der Waals surface area contributed by atoms with E-state index in [-0.39, 0.29) is 5.54 Å². The van der Waals surface area contributed by atoms with Gasteiger partial charge in [0.15, 0.2) is 0 Å². The molecule has 1 heterocycles. The second-order valence-electron chi connectivity index (χ2n) is 8.66. The Morgan fingerprint density at radius 1 is 0.893 bits per heavy atom. The van der Waals surface area contributed by atoms with Crippen LogP contribution in [0.3, 0.4) is 0 Å². The molecular formula is C25H34N2O. The van der Waals surface area contributed by atoms with Gasteiger partial charge in [0.25, 0.3) is 0 Å². The van der Waals surface area contributed by atoms with Crippen LogP contribution >= 0.6 is 0 Å². The first-order chi connectivity index (χ1) is 13.8. The molecule has 0 radical (unpaired) electrons. The number of methoxy groups -OCH3 is 1. The summed E-state index contributed by atoms with van der Waals surface area (Å²) < 4.78 is 5.62. The van der Waals surface area contributed by atoms with Gasteiger partial charge in [0.05, 0.1) is 12.1 Å². The summed E-state index contributed by atoms with van der Waals surface area (Å²) >= 11 is 0. The van der Waals surface area contributed by atoms with Crippen LogP contribution < -0.4 is 5.32 Å². The SMILES string of the molecule is COCC1(Nc2ccccc2)CCN(C2CCC(c3ccccc3)CC2)CC1. The monoisotopic (exact) mass is 378 g/mol. The van der Waals surface area contributed by atoms with E-state index < -0.39 is 0 Å². The van der Waals surface area contributed by atoms with Crippen molar-refractivity contribution in [3.05, 3.63) is 66.2 Å². The lowest BCUT2D eigenvalue weighted by atomic mass is 9.80. The third-order valence-electron chi connectivity index (χ3n) is 6.84. The maximum atomic E-state index is 5.62. The van der Waals surface area contributed by atoms with Crippen molar-refractivity contribution in [1.29, 1.82) is 0 Å². The lowest BCUT2D eigenvalue weighted by Crippen LogP contribution is -2.54. The highest BCUT2D eigenvalue weighted by atomic mass is 16.5. The van der Waals surface area contributed by atoms with Crippen molar-refractivity contribution >= 4 is 5.69 Å². The van der Waals surface area contributed by atoms with Crippen LogP contribution in [0.25, 0.3) is 0 Å². The van der Waals surface area contributed by atoms with Gasteiger partial charge in [-0.15, -0.1) is 0 Å². The normalized spacial score (nSPS) is 25.3. The summed E-state index contributed by atoms with van der Waals surface area (Å²) in [5.74, 6) is 0.759. The van der Waals surface area contributed by atoms with Crippen LogP contribution in [-0.2, 0) is 4.74 Å². The van der Waals surface area contributed by atoms with E-state index in [4.69, 9.17) is 4.74 Å². The van der Waals surface area contributed by atoms with Crippen LogP contribution in [-0.4, -0.2) is 43.3 Å². The lowest BCUT2D eigenvalue weighted by Gasteiger charge is -2.46. The minimum Gasteiger partial charge on any atom is -0.382 e. The van der Waals surface area contributed by atoms with Crippen molar-refractivity contribution in [3.63, 3.8) is 0 Å². The van der Waals surface area contributed by atoms with E-state index in [0.29, 0.717) is 0 Å². The summed E-state index contributed by atoms with van der Waals surface area (Å²) in [4.78, 5) is 2.75. The summed E-state index contributed by atoms with van der Waals surface area (Å²) in [6.07, 6.45) is 7.63. The Bertz CT molecular complexity index is 702. The third kappa shape index (κ3) is 4.59. The fourth-order valence-electron chi connectivity index (χ4n) is 5.23. The molecular weight excluding hydrogens is 344 g/mol. The zero-order valence-corrected chi connectivity index (χ0v) is 17.1. The molecule has 1 aliphatic heterocycles.